The van der Waals surface area contributed by atoms with E-state index in [1.165, 1.54) is 13.8 Å². The van der Waals surface area contributed by atoms with Crippen LogP contribution in [-0.2, 0) is 14.3 Å². The smallest absolute Gasteiger partial charge is 0.442 e. The fourth-order valence-corrected chi connectivity index (χ4v) is 2.94. The number of halogens is 3. The Hall–Kier alpha value is -2.36. The monoisotopic (exact) mass is 375 g/mol. The second kappa shape index (κ2) is 7.26. The third kappa shape index (κ3) is 3.84. The van der Waals surface area contributed by atoms with E-state index in [0.29, 0.717) is 10.2 Å². The van der Waals surface area contributed by atoms with Gasteiger partial charge >= 0.3 is 17.8 Å². The van der Waals surface area contributed by atoms with E-state index in [4.69, 9.17) is 0 Å². The van der Waals surface area contributed by atoms with Crippen LogP contribution in [0, 0.1) is 0 Å². The molecule has 1 heterocycles. The second-order valence-electron chi connectivity index (χ2n) is 4.98. The molecule has 1 unspecified atom stereocenters. The normalized spacial score (nSPS) is 14.0. The molecule has 0 aliphatic rings. The molecular weight excluding hydrogens is 359 g/mol. The highest BCUT2D eigenvalue weighted by molar-refractivity contribution is 7.22. The van der Waals surface area contributed by atoms with E-state index in [9.17, 15) is 22.8 Å². The Balaban J connectivity index is 2.50. The molecule has 0 fully saturated rings. The van der Waals surface area contributed by atoms with Gasteiger partial charge in [0.25, 0.3) is 0 Å². The fraction of sp³-hybridized carbons (Fsp3) is 0.400. The van der Waals surface area contributed by atoms with Crippen LogP contribution in [0.2, 0.25) is 0 Å². The lowest BCUT2D eigenvalue weighted by molar-refractivity contribution is -0.207. The molecule has 0 spiro atoms. The summed E-state index contributed by atoms with van der Waals surface area (Å²) in [5.41, 5.74) is -2.94. The van der Waals surface area contributed by atoms with E-state index in [-0.39, 0.29) is 18.2 Å². The Kier molecular flexibility index (Phi) is 5.51. The molecule has 2 N–H and O–H groups in total. The molecule has 0 bridgehead atoms. The maximum absolute atomic E-state index is 13.8. The number of aromatic nitrogens is 1. The van der Waals surface area contributed by atoms with Gasteiger partial charge in [0, 0.05) is 6.42 Å². The molecule has 2 aromatic rings. The Morgan fingerprint density at radius 1 is 1.24 bits per heavy atom. The van der Waals surface area contributed by atoms with Crippen molar-refractivity contribution in [2.75, 3.05) is 11.9 Å². The van der Waals surface area contributed by atoms with Gasteiger partial charge in [-0.3, -0.25) is 4.79 Å². The molecular formula is C15H16F3N3O3S. The number of ether oxygens (including phenoxy) is 1. The fourth-order valence-electron chi connectivity index (χ4n) is 2.01. The predicted molar refractivity (Wildman–Crippen MR) is 87.1 cm³/mol. The van der Waals surface area contributed by atoms with E-state index in [1.807, 2.05) is 5.32 Å². The number of para-hydroxylation sites is 1. The lowest BCUT2D eigenvalue weighted by Crippen LogP contribution is -2.69. The van der Waals surface area contributed by atoms with Crippen LogP contribution in [0.25, 0.3) is 10.2 Å². The van der Waals surface area contributed by atoms with Crippen LogP contribution >= 0.6 is 11.3 Å². The molecule has 1 aromatic carbocycles. The Morgan fingerprint density at radius 2 is 1.92 bits per heavy atom. The summed E-state index contributed by atoms with van der Waals surface area (Å²) in [6.45, 7) is 2.47. The number of esters is 1. The highest BCUT2D eigenvalue weighted by atomic mass is 32.1. The van der Waals surface area contributed by atoms with Crippen molar-refractivity contribution >= 4 is 38.6 Å². The summed E-state index contributed by atoms with van der Waals surface area (Å²) >= 11 is 0.929. The number of alkyl halides is 3. The lowest BCUT2D eigenvalue weighted by atomic mass is 10.1. The number of nitrogens with zero attached hydrogens (tertiary/aromatic N) is 1. The van der Waals surface area contributed by atoms with Gasteiger partial charge in [-0.2, -0.15) is 13.2 Å². The minimum absolute atomic E-state index is 0.164. The maximum atomic E-state index is 13.8. The quantitative estimate of drug-likeness (QED) is 0.599. The summed E-state index contributed by atoms with van der Waals surface area (Å²) in [6, 6.07) is 6.71. The van der Waals surface area contributed by atoms with E-state index in [0.717, 1.165) is 11.3 Å². The van der Waals surface area contributed by atoms with Crippen LogP contribution in [0.15, 0.2) is 24.3 Å². The molecule has 136 valence electrons. The minimum atomic E-state index is -5.15. The molecule has 1 amide bonds. The van der Waals surface area contributed by atoms with Crippen molar-refractivity contribution in [2.45, 2.75) is 32.1 Å². The average Bonchev–Trinajstić information content (AvgIpc) is 2.95. The maximum Gasteiger partial charge on any atom is 0.442 e. The van der Waals surface area contributed by atoms with Crippen molar-refractivity contribution in [3.8, 4) is 0 Å². The predicted octanol–water partition coefficient (Wildman–Crippen LogP) is 3.06. The summed E-state index contributed by atoms with van der Waals surface area (Å²) in [4.78, 5) is 27.8. The third-order valence-electron chi connectivity index (χ3n) is 3.24. The SMILES string of the molecule is CCOC(=O)C(NC(=O)CC)(Nc1nc2ccccc2s1)C(F)(F)F. The summed E-state index contributed by atoms with van der Waals surface area (Å²) in [6.07, 6.45) is -5.39. The molecule has 0 aliphatic heterocycles. The van der Waals surface area contributed by atoms with Crippen LogP contribution in [0.5, 0.6) is 0 Å². The molecule has 25 heavy (non-hydrogen) atoms. The van der Waals surface area contributed by atoms with Crippen molar-refractivity contribution in [1.82, 2.24) is 10.3 Å². The van der Waals surface area contributed by atoms with Gasteiger partial charge in [0.1, 0.15) is 0 Å². The van der Waals surface area contributed by atoms with Crippen LogP contribution in [-0.4, -0.2) is 35.3 Å². The van der Waals surface area contributed by atoms with Crippen molar-refractivity contribution in [2.24, 2.45) is 0 Å². The number of thiazole rings is 1. The number of carbonyl (C=O) groups excluding carboxylic acids is 2. The zero-order valence-electron chi connectivity index (χ0n) is 13.4. The van der Waals surface area contributed by atoms with Crippen LogP contribution in [0.1, 0.15) is 20.3 Å². The molecule has 6 nitrogen and oxygen atoms in total. The topological polar surface area (TPSA) is 80.3 Å². The van der Waals surface area contributed by atoms with Gasteiger partial charge in [0.15, 0.2) is 5.13 Å². The summed E-state index contributed by atoms with van der Waals surface area (Å²) in [5.74, 6) is -2.61. The summed E-state index contributed by atoms with van der Waals surface area (Å²) in [7, 11) is 0. The molecule has 0 saturated carbocycles. The molecule has 0 saturated heterocycles. The third-order valence-corrected chi connectivity index (χ3v) is 4.20. The lowest BCUT2D eigenvalue weighted by Gasteiger charge is -2.34. The molecule has 0 aliphatic carbocycles. The molecule has 10 heteroatoms. The standard InChI is InChI=1S/C15H16F3N3O3S/c1-3-11(22)20-14(15(16,17)18,12(23)24-4-2)21-13-19-9-7-5-6-8-10(9)25-13/h5-8H,3-4H2,1-2H3,(H,19,21)(H,20,22). The van der Waals surface area contributed by atoms with Crippen LogP contribution in [0.3, 0.4) is 0 Å². The van der Waals surface area contributed by atoms with Crippen molar-refractivity contribution in [3.05, 3.63) is 24.3 Å². The molecule has 0 radical (unpaired) electrons. The highest BCUT2D eigenvalue weighted by Gasteiger charge is 2.64. The van der Waals surface area contributed by atoms with Crippen molar-refractivity contribution < 1.29 is 27.5 Å². The number of benzene rings is 1. The molecule has 1 aromatic heterocycles. The number of nitrogens with one attached hydrogen (secondary N) is 2. The van der Waals surface area contributed by atoms with Crippen molar-refractivity contribution in [3.63, 3.8) is 0 Å². The van der Waals surface area contributed by atoms with E-state index < -0.39 is 23.7 Å². The number of anilines is 1. The number of rotatable bonds is 6. The molecule has 1 atom stereocenters. The van der Waals surface area contributed by atoms with E-state index >= 15 is 0 Å². The minimum Gasteiger partial charge on any atom is -0.463 e. The van der Waals surface area contributed by atoms with Gasteiger partial charge < -0.3 is 15.4 Å². The largest absolute Gasteiger partial charge is 0.463 e. The van der Waals surface area contributed by atoms with Gasteiger partial charge in [-0.25, -0.2) is 9.78 Å². The Bertz CT molecular complexity index is 745. The summed E-state index contributed by atoms with van der Waals surface area (Å²) < 4.78 is 46.6. The number of carbonyl (C=O) groups is 2. The van der Waals surface area contributed by atoms with E-state index in [1.54, 1.807) is 29.6 Å². The first-order valence-electron chi connectivity index (χ1n) is 7.42. The van der Waals surface area contributed by atoms with Gasteiger partial charge in [-0.05, 0) is 19.1 Å². The van der Waals surface area contributed by atoms with Gasteiger partial charge in [-0.1, -0.05) is 30.4 Å². The molecule has 2 rings (SSSR count). The zero-order chi connectivity index (χ0) is 18.7. The number of amides is 1. The highest BCUT2D eigenvalue weighted by Crippen LogP contribution is 2.35. The first-order valence-corrected chi connectivity index (χ1v) is 8.24. The first kappa shape index (κ1) is 19.0. The number of hydrogen-bond donors (Lipinski definition) is 2. The zero-order valence-corrected chi connectivity index (χ0v) is 14.3. The second-order valence-corrected chi connectivity index (χ2v) is 6.01. The van der Waals surface area contributed by atoms with Gasteiger partial charge in [-0.15, -0.1) is 0 Å². The van der Waals surface area contributed by atoms with E-state index in [2.05, 4.69) is 9.72 Å². The Morgan fingerprint density at radius 3 is 2.48 bits per heavy atom. The van der Waals surface area contributed by atoms with Crippen LogP contribution < -0.4 is 10.6 Å². The van der Waals surface area contributed by atoms with Crippen LogP contribution in [0.4, 0.5) is 18.3 Å². The average molecular weight is 375 g/mol. The number of fused-ring (bicyclic) bond motifs is 1. The first-order chi connectivity index (χ1) is 11.7. The number of hydrogen-bond acceptors (Lipinski definition) is 6. The Labute approximate surface area is 145 Å². The summed E-state index contributed by atoms with van der Waals surface area (Å²) in [5, 5.41) is 3.60. The van der Waals surface area contributed by atoms with Gasteiger partial charge in [0.05, 0.1) is 16.8 Å². The van der Waals surface area contributed by atoms with Crippen molar-refractivity contribution in [1.29, 1.82) is 0 Å². The van der Waals surface area contributed by atoms with Gasteiger partial charge in [0.2, 0.25) is 5.91 Å².